The van der Waals surface area contributed by atoms with E-state index < -0.39 is 10.0 Å². The van der Waals surface area contributed by atoms with E-state index in [0.29, 0.717) is 50.2 Å². The fourth-order valence-corrected chi connectivity index (χ4v) is 8.54. The number of urea groups is 1. The van der Waals surface area contributed by atoms with Crippen LogP contribution in [-0.4, -0.2) is 140 Å². The minimum atomic E-state index is -3.11. The van der Waals surface area contributed by atoms with Gasteiger partial charge in [0, 0.05) is 82.6 Å². The molecule has 13 nitrogen and oxygen atoms in total. The Labute approximate surface area is 306 Å². The van der Waals surface area contributed by atoms with Crippen molar-refractivity contribution >= 4 is 45.3 Å². The summed E-state index contributed by atoms with van der Waals surface area (Å²) in [5.74, 6) is 0.0499. The number of fused-ring (bicyclic) bond motifs is 1. The quantitative estimate of drug-likeness (QED) is 0.450. The lowest BCUT2D eigenvalue weighted by molar-refractivity contribution is -0.136. The zero-order valence-corrected chi connectivity index (χ0v) is 31.4. The number of nitrogens with one attached hydrogen (secondary N) is 1. The Bertz CT molecular complexity index is 1640. The average Bonchev–Trinajstić information content (AvgIpc) is 3.30. The third-order valence-electron chi connectivity index (χ3n) is 10.5. The topological polar surface area (TPSA) is 143 Å². The molecule has 2 aromatic rings. The number of sulfonamides is 1. The number of rotatable bonds is 6. The third kappa shape index (κ3) is 10.1. The summed E-state index contributed by atoms with van der Waals surface area (Å²) in [5.41, 5.74) is 3.01. The van der Waals surface area contributed by atoms with Crippen molar-refractivity contribution in [1.82, 2.24) is 23.9 Å². The molecule has 2 N–H and O–H groups in total. The van der Waals surface area contributed by atoms with E-state index in [-0.39, 0.29) is 35.7 Å². The summed E-state index contributed by atoms with van der Waals surface area (Å²) in [6.45, 7) is 7.97. The maximum absolute atomic E-state index is 12.8. The van der Waals surface area contributed by atoms with Gasteiger partial charge in [0.1, 0.15) is 5.75 Å². The van der Waals surface area contributed by atoms with Gasteiger partial charge in [0.05, 0.1) is 18.4 Å². The van der Waals surface area contributed by atoms with Crippen LogP contribution in [0.5, 0.6) is 5.75 Å². The first-order chi connectivity index (χ1) is 24.3. The minimum absolute atomic E-state index is 0.0403. The number of benzene rings is 2. The van der Waals surface area contributed by atoms with E-state index in [4.69, 9.17) is 16.3 Å². The predicted molar refractivity (Wildman–Crippen MR) is 196 cm³/mol. The van der Waals surface area contributed by atoms with Gasteiger partial charge >= 0.3 is 12.1 Å². The van der Waals surface area contributed by atoms with Crippen molar-refractivity contribution < 1.29 is 32.6 Å². The van der Waals surface area contributed by atoms with Gasteiger partial charge in [-0.25, -0.2) is 18.0 Å². The largest absolute Gasteiger partial charge is 0.506 e. The molecule has 4 heterocycles. The molecule has 4 amide bonds. The van der Waals surface area contributed by atoms with E-state index >= 15 is 0 Å². The minimum Gasteiger partial charge on any atom is -0.506 e. The summed E-state index contributed by atoms with van der Waals surface area (Å²) >= 11 is 5.96. The van der Waals surface area contributed by atoms with Gasteiger partial charge in [-0.2, -0.15) is 4.31 Å². The molecule has 0 radical (unpaired) electrons. The number of halogens is 1. The second-order valence-corrected chi connectivity index (χ2v) is 16.3. The highest BCUT2D eigenvalue weighted by Gasteiger charge is 2.33. The lowest BCUT2D eigenvalue weighted by Crippen LogP contribution is -2.54. The van der Waals surface area contributed by atoms with Gasteiger partial charge in [0.2, 0.25) is 15.9 Å². The van der Waals surface area contributed by atoms with Gasteiger partial charge in [-0.15, -0.1) is 0 Å². The number of anilines is 1. The molecule has 0 aliphatic carbocycles. The Balaban J connectivity index is 0.000000205. The number of carbonyl (C=O) groups excluding carboxylic acids is 3. The zero-order valence-electron chi connectivity index (χ0n) is 29.8. The molecule has 4 aliphatic heterocycles. The van der Waals surface area contributed by atoms with Gasteiger partial charge in [-0.3, -0.25) is 9.69 Å². The van der Waals surface area contributed by atoms with Crippen LogP contribution in [0.1, 0.15) is 43.7 Å². The molecule has 0 spiro atoms. The van der Waals surface area contributed by atoms with Crippen molar-refractivity contribution in [3.05, 3.63) is 58.6 Å². The van der Waals surface area contributed by atoms with Gasteiger partial charge < -0.3 is 29.9 Å². The Hall–Kier alpha value is -3.59. The molecule has 1 atom stereocenters. The molecule has 3 saturated heterocycles. The van der Waals surface area contributed by atoms with Crippen molar-refractivity contribution in [2.45, 2.75) is 57.5 Å². The molecular formula is C36H51ClN6O7S. The summed E-state index contributed by atoms with van der Waals surface area (Å²) in [5, 5.41) is 12.8. The molecule has 15 heteroatoms. The molecule has 3 fully saturated rings. The highest BCUT2D eigenvalue weighted by atomic mass is 35.5. The van der Waals surface area contributed by atoms with Crippen LogP contribution in [0.2, 0.25) is 5.02 Å². The highest BCUT2D eigenvalue weighted by molar-refractivity contribution is 7.88. The van der Waals surface area contributed by atoms with Crippen LogP contribution in [0, 0.1) is 5.92 Å². The summed E-state index contributed by atoms with van der Waals surface area (Å²) in [6, 6.07) is 13.5. The maximum atomic E-state index is 12.8. The Morgan fingerprint density at radius 3 is 2.18 bits per heavy atom. The van der Waals surface area contributed by atoms with Crippen molar-refractivity contribution in [2.24, 2.45) is 5.92 Å². The number of aromatic hydroxyl groups is 1. The number of phenols is 1. The number of hydrogen-bond donors (Lipinski definition) is 2. The molecule has 0 unspecified atom stereocenters. The highest BCUT2D eigenvalue weighted by Crippen LogP contribution is 2.27. The monoisotopic (exact) mass is 746 g/mol. The SMILES string of the molecule is COC(=O)N1CCC(N2CCc3ccccc3NC2=O)CC1.C[C@H](Cc1ccc(O)c(Cl)c1)C(=O)N1CCC(N2CCN(S(C)(=O)=O)CC2)CC1. The smallest absolute Gasteiger partial charge is 0.409 e. The zero-order chi connectivity index (χ0) is 36.7. The van der Waals surface area contributed by atoms with Crippen LogP contribution >= 0.6 is 11.6 Å². The van der Waals surface area contributed by atoms with Crippen molar-refractivity contribution in [3.8, 4) is 5.75 Å². The molecular weight excluding hydrogens is 696 g/mol. The van der Waals surface area contributed by atoms with Gasteiger partial charge in [-0.05, 0) is 67.9 Å². The average molecular weight is 747 g/mol. The lowest BCUT2D eigenvalue weighted by atomic mass is 9.97. The number of likely N-dealkylation sites (tertiary alicyclic amines) is 2. The Morgan fingerprint density at radius 1 is 0.922 bits per heavy atom. The van der Waals surface area contributed by atoms with Crippen LogP contribution < -0.4 is 5.32 Å². The summed E-state index contributed by atoms with van der Waals surface area (Å²) in [6.07, 6.45) is 5.84. The van der Waals surface area contributed by atoms with Crippen LogP contribution in [0.25, 0.3) is 0 Å². The van der Waals surface area contributed by atoms with Crippen molar-refractivity contribution in [2.75, 3.05) is 77.6 Å². The molecule has 0 aromatic heterocycles. The first-order valence-corrected chi connectivity index (χ1v) is 20.0. The molecule has 0 bridgehead atoms. The van der Waals surface area contributed by atoms with Gasteiger partial charge in [0.25, 0.3) is 0 Å². The summed E-state index contributed by atoms with van der Waals surface area (Å²) in [4.78, 5) is 44.7. The van der Waals surface area contributed by atoms with E-state index in [1.165, 1.54) is 18.9 Å². The summed E-state index contributed by atoms with van der Waals surface area (Å²) < 4.78 is 29.6. The van der Waals surface area contributed by atoms with Gasteiger partial charge in [-0.1, -0.05) is 42.8 Å². The molecule has 0 saturated carbocycles. The lowest BCUT2D eigenvalue weighted by Gasteiger charge is -2.42. The Kier molecular flexibility index (Phi) is 13.1. The number of methoxy groups -OCH3 is 1. The molecule has 2 aromatic carbocycles. The second kappa shape index (κ2) is 17.3. The number of amides is 4. The normalized spacial score (nSPS) is 20.4. The number of phenolic OH excluding ortho intramolecular Hbond substituents is 1. The van der Waals surface area contributed by atoms with Crippen LogP contribution in [-0.2, 0) is 32.4 Å². The van der Waals surface area contributed by atoms with E-state index in [2.05, 4.69) is 16.3 Å². The third-order valence-corrected chi connectivity index (χ3v) is 12.1. The maximum Gasteiger partial charge on any atom is 0.409 e. The van der Waals surface area contributed by atoms with Crippen molar-refractivity contribution in [1.29, 1.82) is 0 Å². The number of para-hydroxylation sites is 1. The van der Waals surface area contributed by atoms with E-state index in [1.807, 2.05) is 34.9 Å². The number of carbonyl (C=O) groups is 3. The molecule has 6 rings (SSSR count). The standard InChI is InChI=1S/C20H30ClN3O4S.C16H21N3O3/c1-15(13-16-3-4-19(25)18(21)14-16)20(26)23-7-5-17(6-8-23)22-9-11-24(12-10-22)29(2,27)28;1-22-16(21)18-9-7-13(8-10-18)19-11-6-12-4-2-3-5-14(12)17-15(19)20/h3-4,14-15,17,25H,5-13H2,1-2H3;2-5,13H,6-11H2,1H3,(H,17,20)/t15-;/m1./s1. The molecule has 51 heavy (non-hydrogen) atoms. The van der Waals surface area contributed by atoms with Crippen LogP contribution in [0.4, 0.5) is 15.3 Å². The van der Waals surface area contributed by atoms with E-state index in [9.17, 15) is 27.9 Å². The van der Waals surface area contributed by atoms with Crippen LogP contribution in [0.15, 0.2) is 42.5 Å². The molecule has 4 aliphatic rings. The van der Waals surface area contributed by atoms with E-state index in [0.717, 1.165) is 69.5 Å². The number of piperazine rings is 1. The number of ether oxygens (including phenoxy) is 1. The number of nitrogens with zero attached hydrogens (tertiary/aromatic N) is 5. The molecule has 280 valence electrons. The van der Waals surface area contributed by atoms with E-state index in [1.54, 1.807) is 27.4 Å². The first-order valence-electron chi connectivity index (χ1n) is 17.8. The second-order valence-electron chi connectivity index (χ2n) is 13.9. The summed E-state index contributed by atoms with van der Waals surface area (Å²) in [7, 11) is -1.71. The van der Waals surface area contributed by atoms with Gasteiger partial charge in [0.15, 0.2) is 0 Å². The van der Waals surface area contributed by atoms with Crippen molar-refractivity contribution in [3.63, 3.8) is 0 Å². The predicted octanol–water partition coefficient (Wildman–Crippen LogP) is 4.10. The van der Waals surface area contributed by atoms with Crippen LogP contribution in [0.3, 0.4) is 0 Å². The fraction of sp³-hybridized carbons (Fsp3) is 0.583. The number of piperidine rings is 2. The Morgan fingerprint density at radius 2 is 1.55 bits per heavy atom. The first kappa shape index (κ1) is 38.6. The fourth-order valence-electron chi connectivity index (χ4n) is 7.51. The number of hydrogen-bond acceptors (Lipinski definition) is 8.